The smallest absolute Gasteiger partial charge is 0.392 e. The molecule has 12 heteroatoms. The van der Waals surface area contributed by atoms with Gasteiger partial charge in [-0.2, -0.15) is 0 Å². The van der Waals surface area contributed by atoms with Crippen molar-refractivity contribution < 1.29 is 29.1 Å². The molecule has 1 aromatic carbocycles. The van der Waals surface area contributed by atoms with Gasteiger partial charge >= 0.3 is 12.0 Å². The summed E-state index contributed by atoms with van der Waals surface area (Å²) < 4.78 is 7.74. The van der Waals surface area contributed by atoms with E-state index in [0.717, 1.165) is 18.0 Å². The molecule has 0 bridgehead atoms. The summed E-state index contributed by atoms with van der Waals surface area (Å²) in [6.07, 6.45) is -0.919. The fourth-order valence-corrected chi connectivity index (χ4v) is 4.47. The number of amidine groups is 1. The molecule has 3 aliphatic rings. The number of carbonyl (C=O) groups excluding carboxylic acids is 2. The van der Waals surface area contributed by atoms with Crippen molar-refractivity contribution in [2.75, 3.05) is 66.6 Å². The molecule has 2 unspecified atom stereocenters. The Hall–Kier alpha value is -2.73. The highest BCUT2D eigenvalue weighted by Crippen LogP contribution is 2.24. The van der Waals surface area contributed by atoms with Crippen LogP contribution < -0.4 is 4.74 Å². The second kappa shape index (κ2) is 10.3. The van der Waals surface area contributed by atoms with E-state index < -0.39 is 18.2 Å². The Balaban J connectivity index is 1.55. The van der Waals surface area contributed by atoms with Crippen LogP contribution in [0.3, 0.4) is 0 Å². The summed E-state index contributed by atoms with van der Waals surface area (Å²) >= 11 is 5.91. The Morgan fingerprint density at radius 1 is 1.18 bits per heavy atom. The van der Waals surface area contributed by atoms with E-state index in [-0.39, 0.29) is 25.7 Å². The standard InChI is InChI=1S/C22H30ClN6O5/c1-25-19-18(20(32)26(2)22(25)33)29(13-16(31)14-34-17-5-3-15(23)4-6-17)21(24-19)28-9-7-27(8-10-28)11-12-30/h3-6,16,18,30-31H,7-14H2,1-2H3/q+1. The van der Waals surface area contributed by atoms with Gasteiger partial charge < -0.3 is 14.9 Å². The minimum Gasteiger partial charge on any atom is -0.491 e. The molecular formula is C22H30ClN6O5+. The number of aliphatic hydroxyl groups excluding tert-OH is 2. The van der Waals surface area contributed by atoms with Crippen LogP contribution in [0.4, 0.5) is 4.79 Å². The summed E-state index contributed by atoms with van der Waals surface area (Å²) in [5.74, 6) is 1.09. The first-order valence-electron chi connectivity index (χ1n) is 11.2. The Morgan fingerprint density at radius 2 is 1.85 bits per heavy atom. The maximum absolute atomic E-state index is 13.1. The van der Waals surface area contributed by atoms with Crippen LogP contribution >= 0.6 is 11.6 Å². The fraction of sp³-hybridized carbons (Fsp3) is 0.545. The van der Waals surface area contributed by atoms with Gasteiger partial charge in [0.1, 0.15) is 18.5 Å². The van der Waals surface area contributed by atoms with Crippen molar-refractivity contribution >= 4 is 35.3 Å². The molecule has 0 spiro atoms. The van der Waals surface area contributed by atoms with Gasteiger partial charge in [-0.15, -0.1) is 0 Å². The van der Waals surface area contributed by atoms with Gasteiger partial charge in [0.25, 0.3) is 5.91 Å². The van der Waals surface area contributed by atoms with Gasteiger partial charge in [-0.1, -0.05) is 16.6 Å². The molecule has 2 N–H and O–H groups in total. The lowest BCUT2D eigenvalue weighted by molar-refractivity contribution is -0.545. The molecule has 3 amide bonds. The van der Waals surface area contributed by atoms with Crippen molar-refractivity contribution in [2.45, 2.75) is 12.1 Å². The third kappa shape index (κ3) is 4.88. The number of amides is 3. The normalized spacial score (nSPS) is 22.3. The average Bonchev–Trinajstić information content (AvgIpc) is 3.21. The van der Waals surface area contributed by atoms with Crippen molar-refractivity contribution in [3.05, 3.63) is 29.3 Å². The van der Waals surface area contributed by atoms with E-state index in [1.165, 1.54) is 11.9 Å². The monoisotopic (exact) mass is 493 g/mol. The second-order valence-corrected chi connectivity index (χ2v) is 8.97. The van der Waals surface area contributed by atoms with E-state index in [0.29, 0.717) is 42.2 Å². The maximum Gasteiger partial charge on any atom is 0.392 e. The molecule has 0 saturated carbocycles. The predicted molar refractivity (Wildman–Crippen MR) is 125 cm³/mol. The van der Waals surface area contributed by atoms with E-state index in [9.17, 15) is 19.8 Å². The van der Waals surface area contributed by atoms with Gasteiger partial charge in [0.15, 0.2) is 0 Å². The second-order valence-electron chi connectivity index (χ2n) is 8.53. The number of fused-ring (bicyclic) bond motifs is 1. The average molecular weight is 494 g/mol. The molecule has 184 valence electrons. The number of likely N-dealkylation sites (N-methyl/N-ethyl adjacent to an activating group) is 2. The first-order valence-corrected chi connectivity index (χ1v) is 11.6. The number of halogens is 1. The summed E-state index contributed by atoms with van der Waals surface area (Å²) in [5, 5.41) is 20.6. The molecule has 2 atom stereocenters. The molecule has 0 aliphatic carbocycles. The van der Waals surface area contributed by atoms with Crippen molar-refractivity contribution in [1.82, 2.24) is 19.6 Å². The molecule has 0 aromatic heterocycles. The largest absolute Gasteiger partial charge is 0.491 e. The van der Waals surface area contributed by atoms with E-state index in [2.05, 4.69) is 9.48 Å². The zero-order valence-electron chi connectivity index (χ0n) is 19.3. The summed E-state index contributed by atoms with van der Waals surface area (Å²) in [6, 6.07) is 5.60. The van der Waals surface area contributed by atoms with Gasteiger partial charge in [-0.25, -0.2) is 9.69 Å². The number of imide groups is 1. The van der Waals surface area contributed by atoms with E-state index >= 15 is 0 Å². The molecule has 3 heterocycles. The summed E-state index contributed by atoms with van der Waals surface area (Å²) in [7, 11) is 3.04. The number of hydrogen-bond acceptors (Lipinski definition) is 6. The Labute approximate surface area is 203 Å². The molecule has 3 aliphatic heterocycles. The number of ether oxygens (including phenoxy) is 1. The highest BCUT2D eigenvalue weighted by molar-refractivity contribution is 6.30. The van der Waals surface area contributed by atoms with Crippen LogP contribution in [0.15, 0.2) is 29.3 Å². The minimum atomic E-state index is -0.919. The molecular weight excluding hydrogens is 464 g/mol. The van der Waals surface area contributed by atoms with Crippen LogP contribution in [0, 0.1) is 0 Å². The van der Waals surface area contributed by atoms with Crippen molar-refractivity contribution in [2.24, 2.45) is 4.99 Å². The fourth-order valence-electron chi connectivity index (χ4n) is 4.34. The van der Waals surface area contributed by atoms with E-state index in [1.807, 2.05) is 0 Å². The first-order chi connectivity index (χ1) is 16.3. The lowest BCUT2D eigenvalue weighted by Crippen LogP contribution is -2.63. The highest BCUT2D eigenvalue weighted by Gasteiger charge is 2.55. The zero-order chi connectivity index (χ0) is 24.4. The Bertz CT molecular complexity index is 990. The van der Waals surface area contributed by atoms with Crippen LogP contribution in [0.1, 0.15) is 0 Å². The molecule has 2 fully saturated rings. The lowest BCUT2D eigenvalue weighted by Gasteiger charge is -2.34. The lowest BCUT2D eigenvalue weighted by atomic mass is 10.1. The maximum atomic E-state index is 13.1. The molecule has 34 heavy (non-hydrogen) atoms. The van der Waals surface area contributed by atoms with Crippen molar-refractivity contribution in [3.8, 4) is 5.75 Å². The summed E-state index contributed by atoms with van der Waals surface area (Å²) in [5.41, 5.74) is 0. The van der Waals surface area contributed by atoms with Crippen LogP contribution in [0.25, 0.3) is 0 Å². The van der Waals surface area contributed by atoms with Crippen LogP contribution in [-0.2, 0) is 4.79 Å². The zero-order valence-corrected chi connectivity index (χ0v) is 20.1. The van der Waals surface area contributed by atoms with E-state index in [4.69, 9.17) is 21.3 Å². The van der Waals surface area contributed by atoms with E-state index in [1.54, 1.807) is 36.2 Å². The van der Waals surface area contributed by atoms with Crippen molar-refractivity contribution in [1.29, 1.82) is 0 Å². The Kier molecular flexibility index (Phi) is 7.36. The van der Waals surface area contributed by atoms with Crippen molar-refractivity contribution in [3.63, 3.8) is 0 Å². The Morgan fingerprint density at radius 3 is 2.50 bits per heavy atom. The molecule has 2 saturated heterocycles. The van der Waals surface area contributed by atoms with Gasteiger partial charge in [0, 0.05) is 38.8 Å². The highest BCUT2D eigenvalue weighted by atomic mass is 35.5. The number of nitrogens with zero attached hydrogens (tertiary/aromatic N) is 6. The molecule has 0 radical (unpaired) electrons. The number of benzene rings is 1. The van der Waals surface area contributed by atoms with Gasteiger partial charge in [-0.3, -0.25) is 24.1 Å². The van der Waals surface area contributed by atoms with Crippen LogP contribution in [0.5, 0.6) is 5.75 Å². The third-order valence-electron chi connectivity index (χ3n) is 6.24. The SMILES string of the molecule is CN1C(=O)C2C(=NC(=[N+]3CCN(CCO)CC3)N2CC(O)COc2ccc(Cl)cc2)N(C)C1=O. The number of β-amino-alcohol motifs (C(OH)–C–C–N with tert-alkyl or cyclic N) is 2. The van der Waals surface area contributed by atoms with Crippen LogP contribution in [-0.4, -0.2) is 137 Å². The van der Waals surface area contributed by atoms with Gasteiger partial charge in [-0.05, 0) is 24.3 Å². The molecule has 4 rings (SSSR count). The first kappa shape index (κ1) is 24.4. The quantitative estimate of drug-likeness (QED) is 0.486. The van der Waals surface area contributed by atoms with Gasteiger partial charge in [0.2, 0.25) is 11.9 Å². The van der Waals surface area contributed by atoms with Crippen LogP contribution in [0.2, 0.25) is 5.02 Å². The molecule has 11 nitrogen and oxygen atoms in total. The number of piperazine rings is 1. The number of urea groups is 1. The topological polar surface area (TPSA) is 112 Å². The summed E-state index contributed by atoms with van der Waals surface area (Å²) in [4.78, 5) is 36.6. The van der Waals surface area contributed by atoms with Gasteiger partial charge in [0.05, 0.1) is 26.2 Å². The minimum absolute atomic E-state index is 0.0105. The number of guanidine groups is 1. The number of hydrogen-bond donors (Lipinski definition) is 2. The number of aliphatic imine (C=N–C) groups is 1. The number of rotatable bonds is 7. The summed E-state index contributed by atoms with van der Waals surface area (Å²) in [6.45, 7) is 3.57. The number of carbonyl (C=O) groups is 2. The predicted octanol–water partition coefficient (Wildman–Crippen LogP) is -0.637. The number of aliphatic hydroxyl groups is 2. The molecule has 1 aromatic rings. The third-order valence-corrected chi connectivity index (χ3v) is 6.50.